The van der Waals surface area contributed by atoms with Gasteiger partial charge >= 0.3 is 0 Å². The molecule has 0 spiro atoms. The molecule has 1 aliphatic rings. The number of fused-ring (bicyclic) bond motifs is 1. The Labute approximate surface area is 124 Å². The fraction of sp³-hybridized carbons (Fsp3) is 0.467. The first-order chi connectivity index (χ1) is 10.0. The maximum absolute atomic E-state index is 4.65. The molecule has 110 valence electrons. The number of aromatic nitrogens is 4. The largest absolute Gasteiger partial charge is 0.363 e. The molecule has 6 nitrogen and oxygen atoms in total. The number of aryl methyl sites for hydroxylation is 2. The smallest absolute Gasteiger partial charge is 0.227 e. The Morgan fingerprint density at radius 1 is 1.14 bits per heavy atom. The summed E-state index contributed by atoms with van der Waals surface area (Å²) in [6.45, 7) is 5.57. The molecule has 0 aliphatic carbocycles. The quantitative estimate of drug-likeness (QED) is 0.833. The molecule has 0 atom stereocenters. The summed E-state index contributed by atoms with van der Waals surface area (Å²) in [6, 6.07) is 1.99. The van der Waals surface area contributed by atoms with Crippen molar-refractivity contribution in [3.8, 4) is 0 Å². The van der Waals surface area contributed by atoms with Crippen LogP contribution in [0.3, 0.4) is 0 Å². The Balaban J connectivity index is 1.92. The lowest BCUT2D eigenvalue weighted by atomic mass is 10.1. The third-order valence-corrected chi connectivity index (χ3v) is 3.64. The number of anilines is 2. The molecule has 0 aromatic carbocycles. The van der Waals surface area contributed by atoms with Gasteiger partial charge in [0.1, 0.15) is 11.6 Å². The second-order valence-electron chi connectivity index (χ2n) is 5.62. The second-order valence-corrected chi connectivity index (χ2v) is 5.62. The lowest BCUT2D eigenvalue weighted by Crippen LogP contribution is -2.33. The van der Waals surface area contributed by atoms with E-state index in [0.717, 1.165) is 48.5 Å². The van der Waals surface area contributed by atoms with E-state index in [1.807, 2.05) is 45.1 Å². The van der Waals surface area contributed by atoms with Gasteiger partial charge in [0.25, 0.3) is 0 Å². The van der Waals surface area contributed by atoms with Crippen molar-refractivity contribution < 1.29 is 0 Å². The van der Waals surface area contributed by atoms with Crippen LogP contribution in [0, 0.1) is 13.8 Å². The van der Waals surface area contributed by atoms with Crippen molar-refractivity contribution in [1.29, 1.82) is 0 Å². The fourth-order valence-electron chi connectivity index (χ4n) is 2.48. The maximum Gasteiger partial charge on any atom is 0.227 e. The van der Waals surface area contributed by atoms with Gasteiger partial charge in [0.2, 0.25) is 5.95 Å². The molecule has 0 amide bonds. The van der Waals surface area contributed by atoms with Gasteiger partial charge in [-0.05, 0) is 25.8 Å². The van der Waals surface area contributed by atoms with Crippen molar-refractivity contribution in [3.63, 3.8) is 0 Å². The van der Waals surface area contributed by atoms with Gasteiger partial charge in [-0.1, -0.05) is 0 Å². The molecule has 0 N–H and O–H groups in total. The van der Waals surface area contributed by atoms with E-state index in [1.54, 1.807) is 0 Å². The summed E-state index contributed by atoms with van der Waals surface area (Å²) in [5.74, 6) is 2.53. The normalized spacial score (nSPS) is 14.0. The fourth-order valence-corrected chi connectivity index (χ4v) is 2.48. The Kier molecular flexibility index (Phi) is 3.45. The zero-order valence-electron chi connectivity index (χ0n) is 13.0. The molecule has 3 rings (SSSR count). The molecule has 0 radical (unpaired) electrons. The molecule has 2 aromatic rings. The van der Waals surface area contributed by atoms with Crippen molar-refractivity contribution in [2.24, 2.45) is 0 Å². The van der Waals surface area contributed by atoms with Gasteiger partial charge in [-0.3, -0.25) is 0 Å². The first kappa shape index (κ1) is 13.7. The van der Waals surface area contributed by atoms with Crippen LogP contribution in [0.1, 0.15) is 22.8 Å². The first-order valence-electron chi connectivity index (χ1n) is 7.12. The first-order valence-corrected chi connectivity index (χ1v) is 7.12. The molecule has 0 fully saturated rings. The summed E-state index contributed by atoms with van der Waals surface area (Å²) in [7, 11) is 3.99. The molecular weight excluding hydrogens is 264 g/mol. The van der Waals surface area contributed by atoms with E-state index >= 15 is 0 Å². The van der Waals surface area contributed by atoms with Crippen molar-refractivity contribution in [2.45, 2.75) is 26.8 Å². The van der Waals surface area contributed by atoms with Gasteiger partial charge in [0.05, 0.1) is 12.2 Å². The zero-order chi connectivity index (χ0) is 15.0. The van der Waals surface area contributed by atoms with Crippen LogP contribution in [0.15, 0.2) is 12.3 Å². The molecule has 0 saturated carbocycles. The van der Waals surface area contributed by atoms with Crippen molar-refractivity contribution in [2.75, 3.05) is 30.4 Å². The predicted octanol–water partition coefficient (Wildman–Crippen LogP) is 1.51. The molecule has 0 saturated heterocycles. The van der Waals surface area contributed by atoms with Gasteiger partial charge in [-0.25, -0.2) is 15.0 Å². The summed E-state index contributed by atoms with van der Waals surface area (Å²) in [6.07, 6.45) is 2.88. The third kappa shape index (κ3) is 2.79. The monoisotopic (exact) mass is 284 g/mol. The van der Waals surface area contributed by atoms with Crippen LogP contribution < -0.4 is 9.80 Å². The maximum atomic E-state index is 4.65. The van der Waals surface area contributed by atoms with Crippen LogP contribution in [-0.2, 0) is 13.0 Å². The van der Waals surface area contributed by atoms with Crippen LogP contribution in [0.4, 0.5) is 11.8 Å². The van der Waals surface area contributed by atoms with Gasteiger partial charge in [-0.15, -0.1) is 0 Å². The van der Waals surface area contributed by atoms with E-state index in [4.69, 9.17) is 0 Å². The highest BCUT2D eigenvalue weighted by Gasteiger charge is 2.21. The number of rotatable bonds is 2. The number of nitrogens with zero attached hydrogens (tertiary/aromatic N) is 6. The Morgan fingerprint density at radius 2 is 1.95 bits per heavy atom. The Hall–Kier alpha value is -2.24. The molecule has 0 unspecified atom stereocenters. The molecule has 21 heavy (non-hydrogen) atoms. The summed E-state index contributed by atoms with van der Waals surface area (Å²) in [5, 5.41) is 0. The summed E-state index contributed by atoms with van der Waals surface area (Å²) in [4.78, 5) is 22.2. The van der Waals surface area contributed by atoms with E-state index in [9.17, 15) is 0 Å². The van der Waals surface area contributed by atoms with Crippen molar-refractivity contribution >= 4 is 11.8 Å². The average molecular weight is 284 g/mol. The minimum Gasteiger partial charge on any atom is -0.363 e. The number of hydrogen-bond acceptors (Lipinski definition) is 6. The van der Waals surface area contributed by atoms with Gasteiger partial charge in [0, 0.05) is 38.6 Å². The van der Waals surface area contributed by atoms with E-state index < -0.39 is 0 Å². The summed E-state index contributed by atoms with van der Waals surface area (Å²) in [5.41, 5.74) is 3.30. The highest BCUT2D eigenvalue weighted by molar-refractivity contribution is 5.46. The summed E-state index contributed by atoms with van der Waals surface area (Å²) < 4.78 is 0. The van der Waals surface area contributed by atoms with Gasteiger partial charge < -0.3 is 9.80 Å². The summed E-state index contributed by atoms with van der Waals surface area (Å²) >= 11 is 0. The lowest BCUT2D eigenvalue weighted by Gasteiger charge is -2.28. The topological polar surface area (TPSA) is 58.0 Å². The van der Waals surface area contributed by atoms with Crippen molar-refractivity contribution in [1.82, 2.24) is 19.9 Å². The van der Waals surface area contributed by atoms with Crippen LogP contribution in [0.5, 0.6) is 0 Å². The third-order valence-electron chi connectivity index (χ3n) is 3.64. The average Bonchev–Trinajstić information content (AvgIpc) is 2.45. The van der Waals surface area contributed by atoms with E-state index in [1.165, 1.54) is 5.56 Å². The van der Waals surface area contributed by atoms with E-state index in [2.05, 4.69) is 24.8 Å². The molecule has 3 heterocycles. The minimum absolute atomic E-state index is 0.745. The Morgan fingerprint density at radius 3 is 2.71 bits per heavy atom. The van der Waals surface area contributed by atoms with E-state index in [0.29, 0.717) is 0 Å². The predicted molar refractivity (Wildman–Crippen MR) is 82.6 cm³/mol. The molecule has 2 aromatic heterocycles. The van der Waals surface area contributed by atoms with E-state index in [-0.39, 0.29) is 0 Å². The van der Waals surface area contributed by atoms with Crippen LogP contribution in [-0.4, -0.2) is 40.6 Å². The highest BCUT2D eigenvalue weighted by Crippen LogP contribution is 2.22. The highest BCUT2D eigenvalue weighted by atomic mass is 15.3. The molecule has 1 aliphatic heterocycles. The van der Waals surface area contributed by atoms with Gasteiger partial charge in [-0.2, -0.15) is 4.98 Å². The number of hydrogen-bond donors (Lipinski definition) is 0. The SMILES string of the molecule is Cc1cc(N(C)C)nc(N2CCc3cnc(C)nc3C2)n1. The van der Waals surface area contributed by atoms with Crippen LogP contribution >= 0.6 is 0 Å². The molecule has 6 heteroatoms. The van der Waals surface area contributed by atoms with Crippen LogP contribution in [0.25, 0.3) is 0 Å². The molecule has 0 bridgehead atoms. The standard InChI is InChI=1S/C15H20N6/c1-10-7-14(20(3)4)19-15(17-10)21-6-5-12-8-16-11(2)18-13(12)9-21/h7-8H,5-6,9H2,1-4H3. The zero-order valence-corrected chi connectivity index (χ0v) is 13.0. The van der Waals surface area contributed by atoms with Crippen molar-refractivity contribution in [3.05, 3.63) is 35.0 Å². The van der Waals surface area contributed by atoms with Gasteiger partial charge in [0.15, 0.2) is 0 Å². The lowest BCUT2D eigenvalue weighted by molar-refractivity contribution is 0.677. The van der Waals surface area contributed by atoms with Crippen LogP contribution in [0.2, 0.25) is 0 Å². The second kappa shape index (κ2) is 5.27. The molecular formula is C15H20N6. The minimum atomic E-state index is 0.745. The Bertz CT molecular complexity index is 667.